The van der Waals surface area contributed by atoms with Crippen molar-refractivity contribution in [2.75, 3.05) is 20.2 Å². The van der Waals surface area contributed by atoms with Crippen LogP contribution in [0.3, 0.4) is 0 Å². The highest BCUT2D eigenvalue weighted by molar-refractivity contribution is 7.80. The molecule has 0 aromatic heterocycles. The zero-order valence-corrected chi connectivity index (χ0v) is 15.7. The van der Waals surface area contributed by atoms with Gasteiger partial charge in [-0.05, 0) is 50.7 Å². The lowest BCUT2D eigenvalue weighted by Crippen LogP contribution is -2.47. The highest BCUT2D eigenvalue weighted by Gasteiger charge is 2.31. The van der Waals surface area contributed by atoms with Crippen LogP contribution >= 0.6 is 12.2 Å². The number of amides is 1. The molecule has 0 unspecified atom stereocenters. The molecule has 0 fully saturated rings. The van der Waals surface area contributed by atoms with Crippen LogP contribution in [0.4, 0.5) is 0 Å². The van der Waals surface area contributed by atoms with Crippen molar-refractivity contribution < 1.29 is 14.3 Å². The second-order valence-corrected chi connectivity index (χ2v) is 6.07. The Bertz CT molecular complexity index is 709. The summed E-state index contributed by atoms with van der Waals surface area (Å²) >= 11 is 5.25. The Hall–Kier alpha value is -2.41. The Balaban J connectivity index is 2.42. The van der Waals surface area contributed by atoms with Gasteiger partial charge >= 0.3 is 5.97 Å². The monoisotopic (exact) mass is 361 g/mol. The topological polar surface area (TPSA) is 70.7 Å². The number of rotatable bonds is 5. The highest BCUT2D eigenvalue weighted by Crippen LogP contribution is 2.28. The number of hydrogen-bond donors (Lipinski definition) is 2. The third-order valence-corrected chi connectivity index (χ3v) is 4.44. The molecule has 2 N–H and O–H groups in total. The average molecular weight is 361 g/mol. The maximum absolute atomic E-state index is 13.0. The number of nitrogens with one attached hydrogen (secondary N) is 2. The lowest BCUT2D eigenvalue weighted by molar-refractivity contribution is -0.127. The van der Waals surface area contributed by atoms with Gasteiger partial charge in [0.15, 0.2) is 5.11 Å². The molecule has 0 aliphatic carbocycles. The van der Waals surface area contributed by atoms with E-state index in [4.69, 9.17) is 17.0 Å². The predicted octanol–water partition coefficient (Wildman–Crippen LogP) is 2.13. The van der Waals surface area contributed by atoms with Crippen molar-refractivity contribution >= 4 is 29.2 Å². The Morgan fingerprint density at radius 1 is 1.20 bits per heavy atom. The molecule has 1 aliphatic heterocycles. The molecule has 7 heteroatoms. The van der Waals surface area contributed by atoms with E-state index in [0.29, 0.717) is 29.3 Å². The van der Waals surface area contributed by atoms with E-state index in [9.17, 15) is 9.59 Å². The Morgan fingerprint density at radius 2 is 1.80 bits per heavy atom. The van der Waals surface area contributed by atoms with E-state index < -0.39 is 5.97 Å². The molecule has 1 heterocycles. The van der Waals surface area contributed by atoms with Crippen LogP contribution in [0.15, 0.2) is 35.5 Å². The third-order valence-electron chi connectivity index (χ3n) is 4.22. The first-order chi connectivity index (χ1) is 11.9. The number of hydrogen-bond acceptors (Lipinski definition) is 4. The predicted molar refractivity (Wildman–Crippen MR) is 100 cm³/mol. The van der Waals surface area contributed by atoms with Gasteiger partial charge in [0.1, 0.15) is 0 Å². The van der Waals surface area contributed by atoms with Crippen LogP contribution in [-0.2, 0) is 9.53 Å². The molecule has 1 aromatic rings. The van der Waals surface area contributed by atoms with Crippen LogP contribution in [0.2, 0.25) is 0 Å². The van der Waals surface area contributed by atoms with Gasteiger partial charge in [-0.25, -0.2) is 4.79 Å². The lowest BCUT2D eigenvalue weighted by atomic mass is 9.94. The Kier molecular flexibility index (Phi) is 6.14. The van der Waals surface area contributed by atoms with Gasteiger partial charge in [-0.1, -0.05) is 12.1 Å². The number of carbonyl (C=O) groups is 2. The van der Waals surface area contributed by atoms with Gasteiger partial charge in [0, 0.05) is 18.8 Å². The van der Waals surface area contributed by atoms with Gasteiger partial charge in [-0.2, -0.15) is 0 Å². The number of benzene rings is 1. The lowest BCUT2D eigenvalue weighted by Gasteiger charge is -2.33. The summed E-state index contributed by atoms with van der Waals surface area (Å²) in [5, 5.41) is 6.66. The Morgan fingerprint density at radius 3 is 2.32 bits per heavy atom. The maximum Gasteiger partial charge on any atom is 0.337 e. The SMILES string of the molecule is CCN(CC)C(=O)C1=C(C)NC(=S)N[C@H]1c1ccc(C(=O)OC)cc1. The smallest absolute Gasteiger partial charge is 0.337 e. The quantitative estimate of drug-likeness (QED) is 0.618. The van der Waals surface area contributed by atoms with Gasteiger partial charge in [0.25, 0.3) is 5.91 Å². The molecule has 2 rings (SSSR count). The standard InChI is InChI=1S/C18H23N3O3S/c1-5-21(6-2)16(22)14-11(3)19-18(25)20-15(14)12-7-9-13(10-8-12)17(23)24-4/h7-10,15H,5-6H2,1-4H3,(H2,19,20,25)/t15-/m0/s1. The molecule has 25 heavy (non-hydrogen) atoms. The van der Waals surface area contributed by atoms with Crippen LogP contribution < -0.4 is 10.6 Å². The molecule has 0 saturated carbocycles. The molecule has 1 aromatic carbocycles. The van der Waals surface area contributed by atoms with E-state index >= 15 is 0 Å². The van der Waals surface area contributed by atoms with Gasteiger partial charge in [0.05, 0.1) is 24.3 Å². The molecular weight excluding hydrogens is 338 g/mol. The first kappa shape index (κ1) is 18.9. The van der Waals surface area contributed by atoms with Gasteiger partial charge in [0.2, 0.25) is 0 Å². The first-order valence-electron chi connectivity index (χ1n) is 8.18. The molecule has 6 nitrogen and oxygen atoms in total. The largest absolute Gasteiger partial charge is 0.465 e. The van der Waals surface area contributed by atoms with Crippen molar-refractivity contribution in [1.29, 1.82) is 0 Å². The van der Waals surface area contributed by atoms with Gasteiger partial charge in [-0.15, -0.1) is 0 Å². The fraction of sp³-hybridized carbons (Fsp3) is 0.389. The van der Waals surface area contributed by atoms with E-state index in [2.05, 4.69) is 10.6 Å². The normalized spacial score (nSPS) is 16.8. The number of nitrogens with zero attached hydrogens (tertiary/aromatic N) is 1. The molecule has 0 saturated heterocycles. The van der Waals surface area contributed by atoms with Crippen LogP contribution in [0.1, 0.15) is 42.7 Å². The minimum Gasteiger partial charge on any atom is -0.465 e. The van der Waals surface area contributed by atoms with E-state index in [1.807, 2.05) is 20.8 Å². The molecule has 134 valence electrons. The number of ether oxygens (including phenoxy) is 1. The van der Waals surface area contributed by atoms with Crippen molar-refractivity contribution in [2.45, 2.75) is 26.8 Å². The molecule has 0 radical (unpaired) electrons. The molecule has 1 atom stereocenters. The number of carbonyl (C=O) groups excluding carboxylic acids is 2. The zero-order valence-electron chi connectivity index (χ0n) is 14.9. The van der Waals surface area contributed by atoms with E-state index in [1.165, 1.54) is 7.11 Å². The van der Waals surface area contributed by atoms with Crippen molar-refractivity contribution in [2.24, 2.45) is 0 Å². The summed E-state index contributed by atoms with van der Waals surface area (Å²) in [5.74, 6) is -0.432. The minimum atomic E-state index is -0.397. The molecular formula is C18H23N3O3S. The fourth-order valence-corrected chi connectivity index (χ4v) is 3.11. The fourth-order valence-electron chi connectivity index (χ4n) is 2.84. The van der Waals surface area contributed by atoms with Gasteiger partial charge < -0.3 is 20.3 Å². The third kappa shape index (κ3) is 3.99. The van der Waals surface area contributed by atoms with Crippen LogP contribution in [0.25, 0.3) is 0 Å². The maximum atomic E-state index is 13.0. The average Bonchev–Trinajstić information content (AvgIpc) is 2.61. The molecule has 0 spiro atoms. The minimum absolute atomic E-state index is 0.0351. The summed E-state index contributed by atoms with van der Waals surface area (Å²) in [5.41, 5.74) is 2.68. The van der Waals surface area contributed by atoms with Crippen LogP contribution in [0.5, 0.6) is 0 Å². The van der Waals surface area contributed by atoms with Crippen molar-refractivity contribution in [3.63, 3.8) is 0 Å². The second-order valence-electron chi connectivity index (χ2n) is 5.66. The second kappa shape index (κ2) is 8.11. The summed E-state index contributed by atoms with van der Waals surface area (Å²) in [6.07, 6.45) is 0. The van der Waals surface area contributed by atoms with E-state index in [1.54, 1.807) is 29.2 Å². The highest BCUT2D eigenvalue weighted by atomic mass is 32.1. The van der Waals surface area contributed by atoms with Crippen molar-refractivity contribution in [3.05, 3.63) is 46.7 Å². The van der Waals surface area contributed by atoms with Crippen molar-refractivity contribution in [3.8, 4) is 0 Å². The van der Waals surface area contributed by atoms with Crippen molar-refractivity contribution in [1.82, 2.24) is 15.5 Å². The summed E-state index contributed by atoms with van der Waals surface area (Å²) in [7, 11) is 1.34. The number of allylic oxidation sites excluding steroid dienone is 1. The molecule has 1 amide bonds. The Labute approximate surface area is 153 Å². The summed E-state index contributed by atoms with van der Waals surface area (Å²) < 4.78 is 4.72. The van der Waals surface area contributed by atoms with Gasteiger partial charge in [-0.3, -0.25) is 4.79 Å². The van der Waals surface area contributed by atoms with Crippen LogP contribution in [-0.4, -0.2) is 42.1 Å². The number of thiocarbonyl (C=S) groups is 1. The summed E-state index contributed by atoms with van der Waals surface area (Å²) in [6, 6.07) is 6.61. The van der Waals surface area contributed by atoms with E-state index in [0.717, 1.165) is 11.3 Å². The summed E-state index contributed by atoms with van der Waals surface area (Å²) in [6.45, 7) is 7.01. The van der Waals surface area contributed by atoms with E-state index in [-0.39, 0.29) is 11.9 Å². The molecule has 0 bridgehead atoms. The number of methoxy groups -OCH3 is 1. The zero-order chi connectivity index (χ0) is 18.6. The summed E-state index contributed by atoms with van der Waals surface area (Å²) in [4.78, 5) is 26.3. The number of esters is 1. The number of likely N-dealkylation sites (N-methyl/N-ethyl adjacent to an activating group) is 1. The first-order valence-corrected chi connectivity index (χ1v) is 8.59. The molecule has 1 aliphatic rings. The van der Waals surface area contributed by atoms with Crippen LogP contribution in [0, 0.1) is 0 Å².